The summed E-state index contributed by atoms with van der Waals surface area (Å²) in [6, 6.07) is 11.2. The number of benzene rings is 1. The highest BCUT2D eigenvalue weighted by molar-refractivity contribution is 8.00. The van der Waals surface area contributed by atoms with Crippen LogP contribution in [-0.2, 0) is 0 Å². The summed E-state index contributed by atoms with van der Waals surface area (Å²) in [6.45, 7) is 4.72. The maximum atomic E-state index is 5.07. The zero-order valence-electron chi connectivity index (χ0n) is 11.9. The van der Waals surface area contributed by atoms with Crippen LogP contribution >= 0.6 is 11.8 Å². The van der Waals surface area contributed by atoms with Crippen LogP contribution in [0.3, 0.4) is 0 Å². The topological polar surface area (TPSA) is 12.4 Å². The summed E-state index contributed by atoms with van der Waals surface area (Å²) in [4.78, 5) is 6.44. The van der Waals surface area contributed by atoms with Crippen molar-refractivity contribution in [3.8, 4) is 0 Å². The van der Waals surface area contributed by atoms with Crippen LogP contribution in [0.1, 0.15) is 46.0 Å². The molecular weight excluding hydrogens is 250 g/mol. The molecule has 19 heavy (non-hydrogen) atoms. The Hall–Kier alpha value is -0.760. The summed E-state index contributed by atoms with van der Waals surface area (Å²) in [6.07, 6.45) is 6.67. The zero-order chi connectivity index (χ0) is 13.3. The maximum absolute atomic E-state index is 5.07. The number of fused-ring (bicyclic) bond motifs is 1. The van der Waals surface area contributed by atoms with Gasteiger partial charge in [-0.25, -0.2) is 0 Å². The molecule has 2 unspecified atom stereocenters. The summed E-state index contributed by atoms with van der Waals surface area (Å²) in [5, 5.41) is 0. The van der Waals surface area contributed by atoms with E-state index in [1.807, 2.05) is 11.8 Å². The fourth-order valence-corrected chi connectivity index (χ4v) is 4.50. The van der Waals surface area contributed by atoms with E-state index in [1.54, 1.807) is 0 Å². The molecule has 1 aliphatic heterocycles. The second-order valence-corrected chi connectivity index (χ2v) is 8.06. The SMILES string of the molecule is CC(C)(Sc1ccccc1)C1CC2CCCCC2=N1. The van der Waals surface area contributed by atoms with Crippen molar-refractivity contribution >= 4 is 17.5 Å². The van der Waals surface area contributed by atoms with Gasteiger partial charge in [-0.05, 0) is 57.6 Å². The lowest BCUT2D eigenvalue weighted by molar-refractivity contribution is 0.454. The lowest BCUT2D eigenvalue weighted by Crippen LogP contribution is -2.30. The van der Waals surface area contributed by atoms with Gasteiger partial charge in [-0.15, -0.1) is 11.8 Å². The maximum Gasteiger partial charge on any atom is 0.0650 e. The van der Waals surface area contributed by atoms with Gasteiger partial charge in [0.1, 0.15) is 0 Å². The lowest BCUT2D eigenvalue weighted by atomic mass is 9.84. The van der Waals surface area contributed by atoms with Gasteiger partial charge in [-0.1, -0.05) is 24.6 Å². The summed E-state index contributed by atoms with van der Waals surface area (Å²) >= 11 is 1.98. The molecule has 1 fully saturated rings. The third kappa shape index (κ3) is 2.89. The van der Waals surface area contributed by atoms with Crippen LogP contribution in [0.5, 0.6) is 0 Å². The molecule has 2 atom stereocenters. The molecule has 2 heteroatoms. The smallest absolute Gasteiger partial charge is 0.0650 e. The van der Waals surface area contributed by atoms with Gasteiger partial charge in [0.15, 0.2) is 0 Å². The van der Waals surface area contributed by atoms with E-state index in [-0.39, 0.29) is 4.75 Å². The molecular formula is C17H23NS. The Morgan fingerprint density at radius 2 is 1.95 bits per heavy atom. The molecule has 1 saturated carbocycles. The van der Waals surface area contributed by atoms with Crippen molar-refractivity contribution in [2.75, 3.05) is 0 Å². The second kappa shape index (κ2) is 5.32. The molecule has 1 nitrogen and oxygen atoms in total. The van der Waals surface area contributed by atoms with Gasteiger partial charge in [0, 0.05) is 15.4 Å². The third-order valence-electron chi connectivity index (χ3n) is 4.46. The summed E-state index contributed by atoms with van der Waals surface area (Å²) in [7, 11) is 0. The van der Waals surface area contributed by atoms with E-state index in [4.69, 9.17) is 4.99 Å². The Balaban J connectivity index is 1.73. The van der Waals surface area contributed by atoms with Crippen molar-refractivity contribution in [2.45, 2.75) is 61.6 Å². The Kier molecular flexibility index (Phi) is 3.70. The van der Waals surface area contributed by atoms with Crippen molar-refractivity contribution in [2.24, 2.45) is 10.9 Å². The molecule has 3 rings (SSSR count). The second-order valence-electron chi connectivity index (χ2n) is 6.33. The minimum Gasteiger partial charge on any atom is -0.289 e. The standard InChI is InChI=1S/C17H23NS/c1-17(2,19-14-9-4-3-5-10-14)16-12-13-8-6-7-11-15(13)18-16/h3-5,9-10,13,16H,6-8,11-12H2,1-2H3. The highest BCUT2D eigenvalue weighted by Gasteiger charge is 2.38. The normalized spacial score (nSPS) is 26.9. The van der Waals surface area contributed by atoms with E-state index in [1.165, 1.54) is 42.7 Å². The first-order chi connectivity index (χ1) is 9.15. The zero-order valence-corrected chi connectivity index (χ0v) is 12.7. The largest absolute Gasteiger partial charge is 0.289 e. The average molecular weight is 273 g/mol. The van der Waals surface area contributed by atoms with Crippen LogP contribution in [0, 0.1) is 5.92 Å². The van der Waals surface area contributed by atoms with Crippen LogP contribution in [0.15, 0.2) is 40.2 Å². The van der Waals surface area contributed by atoms with E-state index in [0.29, 0.717) is 6.04 Å². The molecule has 0 bridgehead atoms. The molecule has 0 N–H and O–H groups in total. The molecule has 0 amide bonds. The molecule has 0 radical (unpaired) electrons. The highest BCUT2D eigenvalue weighted by Crippen LogP contribution is 2.43. The van der Waals surface area contributed by atoms with E-state index in [2.05, 4.69) is 44.2 Å². The third-order valence-corrected chi connectivity index (χ3v) is 5.77. The van der Waals surface area contributed by atoms with Crippen LogP contribution < -0.4 is 0 Å². The average Bonchev–Trinajstić information content (AvgIpc) is 2.84. The fraction of sp³-hybridized carbons (Fsp3) is 0.588. The molecule has 1 aliphatic carbocycles. The number of aliphatic imine (C=N–C) groups is 1. The molecule has 1 aromatic carbocycles. The monoisotopic (exact) mass is 273 g/mol. The van der Waals surface area contributed by atoms with Crippen LogP contribution in [0.2, 0.25) is 0 Å². The van der Waals surface area contributed by atoms with E-state index < -0.39 is 0 Å². The fourth-order valence-electron chi connectivity index (χ4n) is 3.31. The first-order valence-electron chi connectivity index (χ1n) is 7.46. The van der Waals surface area contributed by atoms with Gasteiger partial charge in [-0.2, -0.15) is 0 Å². The van der Waals surface area contributed by atoms with Crippen molar-refractivity contribution in [1.29, 1.82) is 0 Å². The predicted octanol–water partition coefficient (Wildman–Crippen LogP) is 4.96. The molecule has 1 heterocycles. The van der Waals surface area contributed by atoms with Crippen LogP contribution in [0.25, 0.3) is 0 Å². The Labute approximate surface area is 120 Å². The van der Waals surface area contributed by atoms with Crippen molar-refractivity contribution in [3.05, 3.63) is 30.3 Å². The Bertz CT molecular complexity index is 463. The number of nitrogens with zero attached hydrogens (tertiary/aromatic N) is 1. The first kappa shape index (κ1) is 13.2. The van der Waals surface area contributed by atoms with Gasteiger partial charge < -0.3 is 0 Å². The highest BCUT2D eigenvalue weighted by atomic mass is 32.2. The number of hydrogen-bond acceptors (Lipinski definition) is 2. The summed E-state index contributed by atoms with van der Waals surface area (Å²) in [5.41, 5.74) is 1.53. The van der Waals surface area contributed by atoms with Crippen LogP contribution in [0.4, 0.5) is 0 Å². The molecule has 2 aliphatic rings. The van der Waals surface area contributed by atoms with Gasteiger partial charge in [0.2, 0.25) is 0 Å². The lowest BCUT2D eigenvalue weighted by Gasteiger charge is -2.29. The first-order valence-corrected chi connectivity index (χ1v) is 8.27. The molecule has 0 spiro atoms. The van der Waals surface area contributed by atoms with E-state index in [0.717, 1.165) is 5.92 Å². The predicted molar refractivity (Wildman–Crippen MR) is 84.2 cm³/mol. The van der Waals surface area contributed by atoms with Crippen molar-refractivity contribution in [3.63, 3.8) is 0 Å². The number of hydrogen-bond donors (Lipinski definition) is 0. The number of rotatable bonds is 3. The number of thioether (sulfide) groups is 1. The van der Waals surface area contributed by atoms with Gasteiger partial charge in [0.25, 0.3) is 0 Å². The summed E-state index contributed by atoms with van der Waals surface area (Å²) in [5.74, 6) is 0.800. The van der Waals surface area contributed by atoms with Gasteiger partial charge >= 0.3 is 0 Å². The molecule has 102 valence electrons. The van der Waals surface area contributed by atoms with E-state index >= 15 is 0 Å². The summed E-state index contributed by atoms with van der Waals surface area (Å²) < 4.78 is 0.200. The molecule has 0 saturated heterocycles. The van der Waals surface area contributed by atoms with Crippen molar-refractivity contribution in [1.82, 2.24) is 0 Å². The van der Waals surface area contributed by atoms with Crippen molar-refractivity contribution < 1.29 is 0 Å². The molecule has 0 aromatic heterocycles. The van der Waals surface area contributed by atoms with Crippen LogP contribution in [-0.4, -0.2) is 16.5 Å². The minimum absolute atomic E-state index is 0.200. The minimum atomic E-state index is 0.200. The molecule has 1 aromatic rings. The van der Waals surface area contributed by atoms with E-state index in [9.17, 15) is 0 Å². The Morgan fingerprint density at radius 1 is 1.16 bits per heavy atom. The quantitative estimate of drug-likeness (QED) is 0.709. The van der Waals surface area contributed by atoms with Gasteiger partial charge in [-0.3, -0.25) is 4.99 Å². The van der Waals surface area contributed by atoms with Gasteiger partial charge in [0.05, 0.1) is 6.04 Å². The Morgan fingerprint density at radius 3 is 2.68 bits per heavy atom.